The van der Waals surface area contributed by atoms with Gasteiger partial charge in [-0.1, -0.05) is 48.5 Å². The molecular weight excluding hydrogens is 336 g/mol. The van der Waals surface area contributed by atoms with E-state index < -0.39 is 0 Å². The molecule has 4 heteroatoms. The van der Waals surface area contributed by atoms with Gasteiger partial charge in [0, 0.05) is 26.2 Å². The van der Waals surface area contributed by atoms with E-state index in [1.165, 1.54) is 11.1 Å². The number of hydrogen-bond acceptors (Lipinski definition) is 3. The molecule has 4 rings (SSSR count). The third kappa shape index (κ3) is 3.40. The molecule has 2 atom stereocenters. The summed E-state index contributed by atoms with van der Waals surface area (Å²) in [5.74, 6) is 0.519. The van der Waals surface area contributed by atoms with E-state index in [1.807, 2.05) is 29.2 Å². The maximum atomic E-state index is 13.6. The first-order valence-corrected chi connectivity index (χ1v) is 9.81. The fourth-order valence-corrected chi connectivity index (χ4v) is 4.88. The van der Waals surface area contributed by atoms with Gasteiger partial charge in [-0.2, -0.15) is 0 Å². The Bertz CT molecular complexity index is 787. The number of carbonyl (C=O) groups excluding carboxylic acids is 1. The van der Waals surface area contributed by atoms with Gasteiger partial charge in [0.05, 0.1) is 5.92 Å². The Labute approximate surface area is 161 Å². The molecule has 1 saturated heterocycles. The number of aliphatic hydroxyl groups is 1. The van der Waals surface area contributed by atoms with E-state index in [-0.39, 0.29) is 24.3 Å². The van der Waals surface area contributed by atoms with Crippen LogP contribution in [0.2, 0.25) is 0 Å². The van der Waals surface area contributed by atoms with Crippen LogP contribution in [0.15, 0.2) is 48.5 Å². The predicted octanol–water partition coefficient (Wildman–Crippen LogP) is 2.82. The quantitative estimate of drug-likeness (QED) is 0.907. The summed E-state index contributed by atoms with van der Waals surface area (Å²) in [6, 6.07) is 16.5. The van der Waals surface area contributed by atoms with Crippen LogP contribution in [-0.2, 0) is 4.79 Å². The summed E-state index contributed by atoms with van der Waals surface area (Å²) in [4.78, 5) is 17.8. The summed E-state index contributed by atoms with van der Waals surface area (Å²) < 4.78 is 0. The van der Waals surface area contributed by atoms with Crippen LogP contribution in [0, 0.1) is 11.8 Å². The number of aliphatic hydroxyl groups excluding tert-OH is 1. The van der Waals surface area contributed by atoms with Gasteiger partial charge >= 0.3 is 0 Å². The van der Waals surface area contributed by atoms with Crippen molar-refractivity contribution in [3.63, 3.8) is 0 Å². The Morgan fingerprint density at radius 3 is 2.11 bits per heavy atom. The van der Waals surface area contributed by atoms with Gasteiger partial charge in [-0.25, -0.2) is 0 Å². The van der Waals surface area contributed by atoms with Crippen LogP contribution in [0.25, 0.3) is 11.1 Å². The third-order valence-electron chi connectivity index (χ3n) is 5.90. The molecule has 1 N–H and O–H groups in total. The highest BCUT2D eigenvalue weighted by Gasteiger charge is 2.38. The van der Waals surface area contributed by atoms with Crippen LogP contribution in [0.1, 0.15) is 23.5 Å². The van der Waals surface area contributed by atoms with E-state index in [0.29, 0.717) is 12.5 Å². The van der Waals surface area contributed by atoms with E-state index in [4.69, 9.17) is 0 Å². The molecule has 1 heterocycles. The standard InChI is InChI=1S/C23H28N2O2/c1-24(2)12-16-11-17(15-26)14-25(13-16)23(27)22-20-9-5-3-7-18(20)19-8-4-6-10-21(19)22/h3-10,16-17,22,26H,11-15H2,1-2H3/t16-,17-/m1/s1. The summed E-state index contributed by atoms with van der Waals surface area (Å²) in [7, 11) is 4.14. The topological polar surface area (TPSA) is 43.8 Å². The van der Waals surface area contributed by atoms with Crippen LogP contribution >= 0.6 is 0 Å². The highest BCUT2D eigenvalue weighted by Crippen LogP contribution is 2.45. The van der Waals surface area contributed by atoms with Gasteiger partial charge in [0.1, 0.15) is 0 Å². The summed E-state index contributed by atoms with van der Waals surface area (Å²) in [6.07, 6.45) is 0.982. The maximum absolute atomic E-state index is 13.6. The normalized spacial score (nSPS) is 22.0. The molecular formula is C23H28N2O2. The summed E-state index contributed by atoms with van der Waals surface area (Å²) in [6.45, 7) is 2.51. The van der Waals surface area contributed by atoms with E-state index in [2.05, 4.69) is 43.3 Å². The van der Waals surface area contributed by atoms with E-state index in [0.717, 1.165) is 30.6 Å². The Morgan fingerprint density at radius 2 is 1.56 bits per heavy atom. The largest absolute Gasteiger partial charge is 0.396 e. The van der Waals surface area contributed by atoms with Crippen molar-refractivity contribution in [2.45, 2.75) is 12.3 Å². The monoisotopic (exact) mass is 364 g/mol. The second-order valence-electron chi connectivity index (χ2n) is 8.26. The average Bonchev–Trinajstić information content (AvgIpc) is 3.01. The number of piperidine rings is 1. The summed E-state index contributed by atoms with van der Waals surface area (Å²) in [5.41, 5.74) is 4.57. The van der Waals surface area contributed by atoms with E-state index in [9.17, 15) is 9.90 Å². The highest BCUT2D eigenvalue weighted by atomic mass is 16.3. The number of hydrogen-bond donors (Lipinski definition) is 1. The molecule has 0 radical (unpaired) electrons. The van der Waals surface area contributed by atoms with E-state index >= 15 is 0 Å². The van der Waals surface area contributed by atoms with Crippen LogP contribution in [0.3, 0.4) is 0 Å². The Hall–Kier alpha value is -2.17. The minimum Gasteiger partial charge on any atom is -0.396 e. The zero-order valence-corrected chi connectivity index (χ0v) is 16.1. The van der Waals surface area contributed by atoms with Gasteiger partial charge < -0.3 is 14.9 Å². The lowest BCUT2D eigenvalue weighted by Gasteiger charge is -2.39. The van der Waals surface area contributed by atoms with Crippen molar-refractivity contribution in [3.05, 3.63) is 59.7 Å². The first kappa shape index (κ1) is 18.2. The van der Waals surface area contributed by atoms with Crippen molar-refractivity contribution < 1.29 is 9.90 Å². The molecule has 2 aliphatic rings. The summed E-state index contributed by atoms with van der Waals surface area (Å²) in [5, 5.41) is 9.77. The highest BCUT2D eigenvalue weighted by molar-refractivity contribution is 5.96. The van der Waals surface area contributed by atoms with Crippen molar-refractivity contribution in [2.24, 2.45) is 11.8 Å². The van der Waals surface area contributed by atoms with Crippen LogP contribution in [0.4, 0.5) is 0 Å². The van der Waals surface area contributed by atoms with Crippen molar-refractivity contribution in [3.8, 4) is 11.1 Å². The molecule has 1 aliphatic carbocycles. The van der Waals surface area contributed by atoms with Crippen molar-refractivity contribution in [1.29, 1.82) is 0 Å². The Morgan fingerprint density at radius 1 is 1.00 bits per heavy atom. The third-order valence-corrected chi connectivity index (χ3v) is 5.90. The molecule has 0 spiro atoms. The lowest BCUT2D eigenvalue weighted by molar-refractivity contribution is -0.135. The summed E-state index contributed by atoms with van der Waals surface area (Å²) >= 11 is 0. The number of rotatable bonds is 4. The number of nitrogens with zero attached hydrogens (tertiary/aromatic N) is 2. The minimum absolute atomic E-state index is 0.144. The van der Waals surface area contributed by atoms with Crippen LogP contribution in [-0.4, -0.2) is 61.2 Å². The number of likely N-dealkylation sites (tertiary alicyclic amines) is 1. The average molecular weight is 364 g/mol. The molecule has 0 aromatic heterocycles. The maximum Gasteiger partial charge on any atom is 0.234 e. The second-order valence-corrected chi connectivity index (χ2v) is 8.26. The molecule has 2 aromatic carbocycles. The van der Waals surface area contributed by atoms with Gasteiger partial charge in [-0.05, 0) is 54.6 Å². The van der Waals surface area contributed by atoms with Gasteiger partial charge in [0.15, 0.2) is 0 Å². The Balaban J connectivity index is 1.66. The van der Waals surface area contributed by atoms with Crippen LogP contribution < -0.4 is 0 Å². The number of benzene rings is 2. The molecule has 142 valence electrons. The molecule has 2 aromatic rings. The molecule has 0 unspecified atom stereocenters. The first-order chi connectivity index (χ1) is 13.1. The zero-order chi connectivity index (χ0) is 19.0. The number of fused-ring (bicyclic) bond motifs is 3. The minimum atomic E-state index is -0.227. The molecule has 1 fully saturated rings. The lowest BCUT2D eigenvalue weighted by Crippen LogP contribution is -2.48. The first-order valence-electron chi connectivity index (χ1n) is 9.81. The SMILES string of the molecule is CN(C)C[C@H]1C[C@@H](CO)CN(C(=O)C2c3ccccc3-c3ccccc32)C1. The molecule has 1 aliphatic heterocycles. The second kappa shape index (κ2) is 7.45. The van der Waals surface area contributed by atoms with Crippen molar-refractivity contribution >= 4 is 5.91 Å². The smallest absolute Gasteiger partial charge is 0.234 e. The van der Waals surface area contributed by atoms with Crippen molar-refractivity contribution in [2.75, 3.05) is 40.3 Å². The molecule has 1 amide bonds. The number of amides is 1. The van der Waals surface area contributed by atoms with Gasteiger partial charge in [0.25, 0.3) is 0 Å². The fraction of sp³-hybridized carbons (Fsp3) is 0.435. The molecule has 0 bridgehead atoms. The molecule has 27 heavy (non-hydrogen) atoms. The van der Waals surface area contributed by atoms with Crippen molar-refractivity contribution in [1.82, 2.24) is 9.80 Å². The van der Waals surface area contributed by atoms with Crippen LogP contribution in [0.5, 0.6) is 0 Å². The molecule has 0 saturated carbocycles. The Kier molecular flexibility index (Phi) is 5.02. The van der Waals surface area contributed by atoms with E-state index in [1.54, 1.807) is 0 Å². The lowest BCUT2D eigenvalue weighted by atomic mass is 9.87. The fourth-order valence-electron chi connectivity index (χ4n) is 4.88. The van der Waals surface area contributed by atoms with Gasteiger partial charge in [-0.15, -0.1) is 0 Å². The molecule has 4 nitrogen and oxygen atoms in total. The van der Waals surface area contributed by atoms with Gasteiger partial charge in [-0.3, -0.25) is 4.79 Å². The van der Waals surface area contributed by atoms with Gasteiger partial charge in [0.2, 0.25) is 5.91 Å². The zero-order valence-electron chi connectivity index (χ0n) is 16.1. The predicted molar refractivity (Wildman–Crippen MR) is 108 cm³/mol. The number of carbonyl (C=O) groups is 1.